The summed E-state index contributed by atoms with van der Waals surface area (Å²) in [7, 11) is 0. The van der Waals surface area contributed by atoms with E-state index in [-0.39, 0.29) is 5.41 Å². The van der Waals surface area contributed by atoms with Gasteiger partial charge in [-0.3, -0.25) is 0 Å². The van der Waals surface area contributed by atoms with Gasteiger partial charge in [-0.05, 0) is 5.41 Å². The lowest BCUT2D eigenvalue weighted by Gasteiger charge is -2.09. The topological polar surface area (TPSA) is 17.1 Å². The van der Waals surface area contributed by atoms with Crippen LogP contribution in [0.15, 0.2) is 18.2 Å². The smallest absolute Gasteiger partial charge is 0.124 e. The molecule has 0 aliphatic rings. The van der Waals surface area contributed by atoms with Crippen LogP contribution >= 0.6 is 0 Å². The molecule has 1 heteroatoms. The molecular weight excluding hydrogens is 112 g/mol. The van der Waals surface area contributed by atoms with Gasteiger partial charge in [-0.15, -0.1) is 0 Å². The molecule has 0 radical (unpaired) electrons. The van der Waals surface area contributed by atoms with Crippen LogP contribution in [0.4, 0.5) is 0 Å². The van der Waals surface area contributed by atoms with E-state index >= 15 is 0 Å². The number of hydrogen-bond donors (Lipinski definition) is 0. The Labute approximate surface area is 56.1 Å². The molecule has 0 heterocycles. The second-order valence-electron chi connectivity index (χ2n) is 3.01. The lowest BCUT2D eigenvalue weighted by Crippen LogP contribution is -1.97. The Morgan fingerprint density at radius 1 is 1.33 bits per heavy atom. The number of allylic oxidation sites excluding steroid dienone is 3. The minimum absolute atomic E-state index is 0.160. The van der Waals surface area contributed by atoms with Crippen LogP contribution in [0.3, 0.4) is 0 Å². The summed E-state index contributed by atoms with van der Waals surface area (Å²) in [5.74, 6) is 1.68. The molecular formula is C8H12O. The SMILES string of the molecule is CC(C)(C)C=CC=C=O. The molecule has 0 N–H and O–H groups in total. The van der Waals surface area contributed by atoms with Gasteiger partial charge in [-0.2, -0.15) is 0 Å². The van der Waals surface area contributed by atoms with E-state index in [2.05, 4.69) is 20.8 Å². The van der Waals surface area contributed by atoms with Crippen molar-refractivity contribution in [2.45, 2.75) is 20.8 Å². The Bertz CT molecular complexity index is 142. The maximum atomic E-state index is 9.66. The first-order valence-electron chi connectivity index (χ1n) is 2.95. The monoisotopic (exact) mass is 124 g/mol. The minimum Gasteiger partial charge on any atom is -0.234 e. The molecule has 0 unspecified atom stereocenters. The Kier molecular flexibility index (Phi) is 2.97. The molecule has 0 aromatic heterocycles. The summed E-state index contributed by atoms with van der Waals surface area (Å²) in [6.07, 6.45) is 5.04. The molecule has 0 saturated carbocycles. The molecule has 1 nitrogen and oxygen atoms in total. The van der Waals surface area contributed by atoms with Crippen molar-refractivity contribution >= 4 is 5.94 Å². The lowest BCUT2D eigenvalue weighted by atomic mass is 9.96. The normalized spacial score (nSPS) is 11.4. The number of carbonyl (C=O) groups excluding carboxylic acids is 1. The molecule has 0 fully saturated rings. The van der Waals surface area contributed by atoms with Crippen LogP contribution in [0.1, 0.15) is 20.8 Å². The largest absolute Gasteiger partial charge is 0.234 e. The molecule has 0 saturated heterocycles. The summed E-state index contributed by atoms with van der Waals surface area (Å²) in [6, 6.07) is 0. The fourth-order valence-corrected chi connectivity index (χ4v) is 0.376. The predicted molar refractivity (Wildman–Crippen MR) is 38.9 cm³/mol. The zero-order valence-electron chi connectivity index (χ0n) is 6.14. The highest BCUT2D eigenvalue weighted by Gasteiger charge is 2.01. The molecule has 0 aromatic carbocycles. The fourth-order valence-electron chi connectivity index (χ4n) is 0.376. The minimum atomic E-state index is 0.160. The Morgan fingerprint density at radius 3 is 2.22 bits per heavy atom. The van der Waals surface area contributed by atoms with Gasteiger partial charge in [-0.1, -0.05) is 32.9 Å². The molecule has 0 amide bonds. The highest BCUT2D eigenvalue weighted by Crippen LogP contribution is 2.13. The third-order valence-electron chi connectivity index (χ3n) is 0.760. The summed E-state index contributed by atoms with van der Waals surface area (Å²) < 4.78 is 0. The molecule has 0 aromatic rings. The second kappa shape index (κ2) is 3.26. The third-order valence-corrected chi connectivity index (χ3v) is 0.760. The van der Waals surface area contributed by atoms with E-state index in [1.807, 2.05) is 6.08 Å². The summed E-state index contributed by atoms with van der Waals surface area (Å²) in [5.41, 5.74) is 0.160. The number of hydrogen-bond acceptors (Lipinski definition) is 1. The van der Waals surface area contributed by atoms with E-state index in [9.17, 15) is 4.79 Å². The molecule has 50 valence electrons. The van der Waals surface area contributed by atoms with Crippen LogP contribution in [0.25, 0.3) is 0 Å². The second-order valence-corrected chi connectivity index (χ2v) is 3.01. The zero-order chi connectivity index (χ0) is 7.33. The van der Waals surface area contributed by atoms with E-state index in [0.29, 0.717) is 0 Å². The van der Waals surface area contributed by atoms with Crippen LogP contribution in [-0.4, -0.2) is 5.94 Å². The zero-order valence-corrected chi connectivity index (χ0v) is 6.14. The summed E-state index contributed by atoms with van der Waals surface area (Å²) >= 11 is 0. The van der Waals surface area contributed by atoms with Crippen molar-refractivity contribution in [3.8, 4) is 0 Å². The van der Waals surface area contributed by atoms with Gasteiger partial charge in [0.2, 0.25) is 0 Å². The van der Waals surface area contributed by atoms with Crippen molar-refractivity contribution < 1.29 is 4.79 Å². The van der Waals surface area contributed by atoms with E-state index in [1.54, 1.807) is 12.0 Å². The lowest BCUT2D eigenvalue weighted by molar-refractivity contribution is 0.544. The maximum Gasteiger partial charge on any atom is 0.124 e. The summed E-state index contributed by atoms with van der Waals surface area (Å²) in [6.45, 7) is 6.21. The Morgan fingerprint density at radius 2 is 1.89 bits per heavy atom. The van der Waals surface area contributed by atoms with Gasteiger partial charge < -0.3 is 0 Å². The standard InChI is InChI=1S/C8H12O/c1-8(2,3)6-4-5-7-9/h4-6H,1-3H3. The third kappa shape index (κ3) is 7.19. The van der Waals surface area contributed by atoms with Gasteiger partial charge in [0.1, 0.15) is 5.94 Å². The molecule has 0 atom stereocenters. The van der Waals surface area contributed by atoms with Crippen molar-refractivity contribution in [2.24, 2.45) is 5.41 Å². The van der Waals surface area contributed by atoms with Gasteiger partial charge in [-0.25, -0.2) is 4.79 Å². The predicted octanol–water partition coefficient (Wildman–Crippen LogP) is 1.98. The van der Waals surface area contributed by atoms with Crippen molar-refractivity contribution in [1.82, 2.24) is 0 Å². The van der Waals surface area contributed by atoms with Gasteiger partial charge in [0.25, 0.3) is 0 Å². The van der Waals surface area contributed by atoms with Crippen LogP contribution in [0.2, 0.25) is 0 Å². The molecule has 0 bridgehead atoms. The molecule has 0 rings (SSSR count). The molecule has 0 spiro atoms. The fraction of sp³-hybridized carbons (Fsp3) is 0.500. The number of rotatable bonds is 1. The molecule has 0 aliphatic carbocycles. The van der Waals surface area contributed by atoms with Gasteiger partial charge in [0, 0.05) is 6.08 Å². The first-order valence-corrected chi connectivity index (χ1v) is 2.95. The van der Waals surface area contributed by atoms with Crippen molar-refractivity contribution in [1.29, 1.82) is 0 Å². The van der Waals surface area contributed by atoms with Crippen LogP contribution in [0.5, 0.6) is 0 Å². The van der Waals surface area contributed by atoms with Gasteiger partial charge in [0.05, 0.1) is 0 Å². The van der Waals surface area contributed by atoms with E-state index < -0.39 is 0 Å². The van der Waals surface area contributed by atoms with Gasteiger partial charge >= 0.3 is 0 Å². The quantitative estimate of drug-likeness (QED) is 0.386. The first-order chi connectivity index (χ1) is 4.06. The Hall–Kier alpha value is -0.810. The Balaban J connectivity index is 3.85. The van der Waals surface area contributed by atoms with Crippen LogP contribution < -0.4 is 0 Å². The van der Waals surface area contributed by atoms with Crippen LogP contribution in [-0.2, 0) is 4.79 Å². The highest BCUT2D eigenvalue weighted by molar-refractivity contribution is 5.48. The van der Waals surface area contributed by atoms with Crippen molar-refractivity contribution in [3.05, 3.63) is 18.2 Å². The summed E-state index contributed by atoms with van der Waals surface area (Å²) in [4.78, 5) is 9.66. The van der Waals surface area contributed by atoms with Crippen LogP contribution in [0, 0.1) is 5.41 Å². The first kappa shape index (κ1) is 8.19. The van der Waals surface area contributed by atoms with Crippen molar-refractivity contribution in [3.63, 3.8) is 0 Å². The van der Waals surface area contributed by atoms with Crippen molar-refractivity contribution in [2.75, 3.05) is 0 Å². The summed E-state index contributed by atoms with van der Waals surface area (Å²) in [5, 5.41) is 0. The molecule has 9 heavy (non-hydrogen) atoms. The van der Waals surface area contributed by atoms with Gasteiger partial charge in [0.15, 0.2) is 0 Å². The van der Waals surface area contributed by atoms with E-state index in [0.717, 1.165) is 0 Å². The average Bonchev–Trinajstić information content (AvgIpc) is 1.63. The average molecular weight is 124 g/mol. The van der Waals surface area contributed by atoms with E-state index in [4.69, 9.17) is 0 Å². The van der Waals surface area contributed by atoms with E-state index in [1.165, 1.54) is 6.08 Å². The maximum absolute atomic E-state index is 9.66. The molecule has 0 aliphatic heterocycles. The highest BCUT2D eigenvalue weighted by atomic mass is 16.1.